The summed E-state index contributed by atoms with van der Waals surface area (Å²) in [5, 5.41) is 27.4. The van der Waals surface area contributed by atoms with Crippen LogP contribution in [0.5, 0.6) is 0 Å². The van der Waals surface area contributed by atoms with Crippen molar-refractivity contribution in [3.8, 4) is 0 Å². The highest BCUT2D eigenvalue weighted by molar-refractivity contribution is 5.06. The molecule has 0 bridgehead atoms. The first-order chi connectivity index (χ1) is 6.25. The Morgan fingerprint density at radius 2 is 1.93 bits per heavy atom. The van der Waals surface area contributed by atoms with E-state index in [4.69, 9.17) is 5.11 Å². The van der Waals surface area contributed by atoms with Gasteiger partial charge in [0.15, 0.2) is 5.60 Å². The van der Waals surface area contributed by atoms with Crippen LogP contribution >= 0.6 is 0 Å². The van der Waals surface area contributed by atoms with Crippen LogP contribution in [0.3, 0.4) is 0 Å². The molecule has 3 nitrogen and oxygen atoms in total. The second-order valence-corrected chi connectivity index (χ2v) is 3.85. The lowest BCUT2D eigenvalue weighted by Crippen LogP contribution is -2.56. The minimum atomic E-state index is -4.87. The fraction of sp³-hybridized carbons (Fsp3) is 1.00. The Morgan fingerprint density at radius 1 is 1.43 bits per heavy atom. The molecule has 3 N–H and O–H groups in total. The van der Waals surface area contributed by atoms with E-state index in [1.807, 2.05) is 0 Å². The molecule has 0 aromatic carbocycles. The maximum atomic E-state index is 12.5. The fourth-order valence-corrected chi connectivity index (χ4v) is 2.04. The lowest BCUT2D eigenvalue weighted by molar-refractivity contribution is -0.297. The molecule has 0 aliphatic heterocycles. The maximum Gasteiger partial charge on any atom is 0.420 e. The highest BCUT2D eigenvalue weighted by Crippen LogP contribution is 2.48. The second kappa shape index (κ2) is 3.36. The van der Waals surface area contributed by atoms with E-state index >= 15 is 0 Å². The van der Waals surface area contributed by atoms with E-state index < -0.39 is 36.3 Å². The van der Waals surface area contributed by atoms with Crippen molar-refractivity contribution in [1.82, 2.24) is 0 Å². The molecule has 0 heterocycles. The summed E-state index contributed by atoms with van der Waals surface area (Å²) >= 11 is 0. The van der Waals surface area contributed by atoms with Crippen LogP contribution < -0.4 is 0 Å². The van der Waals surface area contributed by atoms with Gasteiger partial charge in [-0.15, -0.1) is 0 Å². The van der Waals surface area contributed by atoms with Crippen LogP contribution in [-0.4, -0.2) is 39.8 Å². The molecule has 1 aliphatic rings. The van der Waals surface area contributed by atoms with Crippen LogP contribution in [0.2, 0.25) is 0 Å². The Balaban J connectivity index is 2.99. The maximum absolute atomic E-state index is 12.5. The molecule has 0 spiro atoms. The number of aliphatic hydroxyl groups is 3. The Hall–Kier alpha value is -0.330. The largest absolute Gasteiger partial charge is 0.420 e. The lowest BCUT2D eigenvalue weighted by atomic mass is 9.90. The van der Waals surface area contributed by atoms with Gasteiger partial charge in [-0.05, 0) is 12.3 Å². The van der Waals surface area contributed by atoms with E-state index in [0.29, 0.717) is 0 Å². The van der Waals surface area contributed by atoms with Crippen molar-refractivity contribution in [2.75, 3.05) is 6.61 Å². The van der Waals surface area contributed by atoms with Crippen LogP contribution in [0, 0.1) is 11.8 Å². The van der Waals surface area contributed by atoms with Crippen molar-refractivity contribution < 1.29 is 28.5 Å². The van der Waals surface area contributed by atoms with E-state index in [1.54, 1.807) is 0 Å². The molecule has 0 amide bonds. The first kappa shape index (κ1) is 11.7. The molecule has 1 saturated carbocycles. The molecule has 1 rings (SSSR count). The third-order valence-electron chi connectivity index (χ3n) is 2.99. The van der Waals surface area contributed by atoms with Crippen LogP contribution in [0.15, 0.2) is 0 Å². The number of rotatable bonds is 1. The smallest absolute Gasteiger partial charge is 0.396 e. The van der Waals surface area contributed by atoms with E-state index in [1.165, 1.54) is 6.92 Å². The zero-order chi connectivity index (χ0) is 11.1. The first-order valence-corrected chi connectivity index (χ1v) is 4.33. The van der Waals surface area contributed by atoms with Crippen molar-refractivity contribution in [3.63, 3.8) is 0 Å². The monoisotopic (exact) mass is 214 g/mol. The van der Waals surface area contributed by atoms with Gasteiger partial charge in [-0.25, -0.2) is 0 Å². The van der Waals surface area contributed by atoms with Crippen LogP contribution in [0.25, 0.3) is 0 Å². The average Bonchev–Trinajstić information content (AvgIpc) is 2.29. The Morgan fingerprint density at radius 3 is 2.14 bits per heavy atom. The number of halogens is 3. The molecule has 0 aromatic rings. The molecule has 6 heteroatoms. The fourth-order valence-electron chi connectivity index (χ4n) is 2.04. The van der Waals surface area contributed by atoms with Crippen molar-refractivity contribution in [3.05, 3.63) is 0 Å². The van der Waals surface area contributed by atoms with Crippen molar-refractivity contribution >= 4 is 0 Å². The lowest BCUT2D eigenvalue weighted by Gasteiger charge is -2.33. The Kier molecular flexibility index (Phi) is 2.82. The Labute approximate surface area is 79.2 Å². The summed E-state index contributed by atoms with van der Waals surface area (Å²) in [7, 11) is 0. The molecular weight excluding hydrogens is 201 g/mol. The third kappa shape index (κ3) is 1.41. The predicted octanol–water partition coefficient (Wildman–Crippen LogP) is 0.289. The summed E-state index contributed by atoms with van der Waals surface area (Å²) in [6.07, 6.45) is -6.84. The topological polar surface area (TPSA) is 60.7 Å². The van der Waals surface area contributed by atoms with E-state index in [-0.39, 0.29) is 6.42 Å². The number of hydrogen-bond acceptors (Lipinski definition) is 3. The van der Waals surface area contributed by atoms with Gasteiger partial charge >= 0.3 is 6.18 Å². The van der Waals surface area contributed by atoms with E-state index in [0.717, 1.165) is 0 Å². The van der Waals surface area contributed by atoms with Crippen LogP contribution in [0.4, 0.5) is 13.2 Å². The molecule has 0 aromatic heterocycles. The van der Waals surface area contributed by atoms with Crippen LogP contribution in [-0.2, 0) is 0 Å². The molecule has 0 saturated heterocycles. The zero-order valence-corrected chi connectivity index (χ0v) is 7.62. The number of aliphatic hydroxyl groups excluding tert-OH is 2. The van der Waals surface area contributed by atoms with Gasteiger partial charge in [-0.3, -0.25) is 0 Å². The summed E-state index contributed by atoms with van der Waals surface area (Å²) in [5.74, 6) is -2.01. The van der Waals surface area contributed by atoms with E-state index in [2.05, 4.69) is 0 Å². The van der Waals surface area contributed by atoms with Gasteiger partial charge in [0.2, 0.25) is 0 Å². The normalized spacial score (nSPS) is 44.4. The summed E-state index contributed by atoms with van der Waals surface area (Å²) in [6.45, 7) is 0.663. The third-order valence-corrected chi connectivity index (χ3v) is 2.99. The summed E-state index contributed by atoms with van der Waals surface area (Å²) in [5.41, 5.74) is -3.08. The van der Waals surface area contributed by atoms with Gasteiger partial charge in [0.1, 0.15) is 0 Å². The van der Waals surface area contributed by atoms with Crippen molar-refractivity contribution in [2.24, 2.45) is 11.8 Å². The van der Waals surface area contributed by atoms with Gasteiger partial charge in [0.05, 0.1) is 6.10 Å². The van der Waals surface area contributed by atoms with Gasteiger partial charge in [-0.1, -0.05) is 6.92 Å². The second-order valence-electron chi connectivity index (χ2n) is 3.85. The van der Waals surface area contributed by atoms with E-state index in [9.17, 15) is 23.4 Å². The molecular formula is C8H13F3O3. The van der Waals surface area contributed by atoms with Gasteiger partial charge in [0.25, 0.3) is 0 Å². The summed E-state index contributed by atoms with van der Waals surface area (Å²) in [6, 6.07) is 0. The summed E-state index contributed by atoms with van der Waals surface area (Å²) < 4.78 is 37.4. The van der Waals surface area contributed by atoms with Gasteiger partial charge < -0.3 is 15.3 Å². The molecule has 84 valence electrons. The molecule has 0 unspecified atom stereocenters. The van der Waals surface area contributed by atoms with Crippen molar-refractivity contribution in [1.29, 1.82) is 0 Å². The molecule has 14 heavy (non-hydrogen) atoms. The average molecular weight is 214 g/mol. The highest BCUT2D eigenvalue weighted by Gasteiger charge is 2.66. The van der Waals surface area contributed by atoms with Gasteiger partial charge in [-0.2, -0.15) is 13.2 Å². The Bertz CT molecular complexity index is 218. The number of hydrogen-bond donors (Lipinski definition) is 3. The SMILES string of the molecule is C[C@@H]1C[C@H](CO)[C@@H](O)[C@]1(O)C(F)(F)F. The molecule has 1 aliphatic carbocycles. The number of alkyl halides is 3. The quantitative estimate of drug-likeness (QED) is 0.588. The standard InChI is InChI=1S/C8H13F3O3/c1-4-2-5(3-12)6(13)7(4,14)8(9,10)11/h4-6,12-14H,2-3H2,1H3/t4-,5-,6-,7+/m1/s1. The molecule has 0 radical (unpaired) electrons. The molecule has 1 fully saturated rings. The van der Waals surface area contributed by atoms with Gasteiger partial charge in [0, 0.05) is 12.5 Å². The molecule has 4 atom stereocenters. The highest BCUT2D eigenvalue weighted by atomic mass is 19.4. The zero-order valence-electron chi connectivity index (χ0n) is 7.62. The summed E-state index contributed by atoms with van der Waals surface area (Å²) in [4.78, 5) is 0. The minimum Gasteiger partial charge on any atom is -0.396 e. The van der Waals surface area contributed by atoms with Crippen LogP contribution in [0.1, 0.15) is 13.3 Å². The minimum absolute atomic E-state index is 0.0341. The first-order valence-electron chi connectivity index (χ1n) is 4.33. The predicted molar refractivity (Wildman–Crippen MR) is 41.4 cm³/mol. The van der Waals surface area contributed by atoms with Crippen molar-refractivity contribution in [2.45, 2.75) is 31.2 Å².